The Morgan fingerprint density at radius 1 is 1.34 bits per heavy atom. The van der Waals surface area contributed by atoms with Crippen molar-refractivity contribution in [3.05, 3.63) is 33.8 Å². The van der Waals surface area contributed by atoms with E-state index in [-0.39, 0.29) is 24.1 Å². The first-order valence-electron chi connectivity index (χ1n) is 10.5. The van der Waals surface area contributed by atoms with E-state index in [9.17, 15) is 23.9 Å². The number of hydrogen-bond donors (Lipinski definition) is 2. The maximum absolute atomic E-state index is 14.6. The second-order valence-corrected chi connectivity index (χ2v) is 8.66. The largest absolute Gasteiger partial charge is 0.494 e. The minimum absolute atomic E-state index is 0.0367. The van der Waals surface area contributed by atoms with Crippen molar-refractivity contribution in [1.82, 2.24) is 24.4 Å². The summed E-state index contributed by atoms with van der Waals surface area (Å²) in [6.45, 7) is 4.16. The number of hydrogen-bond acceptors (Lipinski definition) is 6. The number of aromatic nitrogens is 3. The minimum atomic E-state index is -1.77. The second-order valence-electron chi connectivity index (χ2n) is 8.66. The molecule has 0 aromatic carbocycles. The van der Waals surface area contributed by atoms with Crippen molar-refractivity contribution in [2.75, 3.05) is 26.3 Å². The van der Waals surface area contributed by atoms with Crippen molar-refractivity contribution in [1.29, 1.82) is 0 Å². The summed E-state index contributed by atoms with van der Waals surface area (Å²) in [4.78, 5) is 39.7. The number of amides is 2. The molecule has 11 heteroatoms. The number of halogens is 1. The number of aromatic hydroxyl groups is 1. The van der Waals surface area contributed by atoms with Gasteiger partial charge in [-0.2, -0.15) is 9.61 Å². The predicted octanol–water partition coefficient (Wildman–Crippen LogP) is 0.714. The van der Waals surface area contributed by atoms with Crippen molar-refractivity contribution < 1.29 is 23.8 Å². The summed E-state index contributed by atoms with van der Waals surface area (Å²) in [5.74, 6) is -1.60. The van der Waals surface area contributed by atoms with Gasteiger partial charge in [0.15, 0.2) is 5.56 Å². The predicted molar refractivity (Wildman–Crippen MR) is 113 cm³/mol. The molecule has 0 unspecified atom stereocenters. The standard InChI is InChI=1S/C21H26FN5O5/c1-21(2,22)12-26-18-13(3-6-15(28)25-7-9-32-10-8-25)11-23-27(18)20(31)16(19(26)30)17(29)24-14-4-5-14/h3,6,11,14,30H,4-5,7-10,12H2,1-2H3,(H,24,29). The summed E-state index contributed by atoms with van der Waals surface area (Å²) in [5.41, 5.74) is -2.66. The van der Waals surface area contributed by atoms with Gasteiger partial charge in [0.2, 0.25) is 11.8 Å². The first kappa shape index (κ1) is 22.0. The van der Waals surface area contributed by atoms with Gasteiger partial charge in [-0.3, -0.25) is 19.0 Å². The number of alkyl halides is 1. The van der Waals surface area contributed by atoms with Gasteiger partial charge in [-0.15, -0.1) is 0 Å². The molecule has 2 fully saturated rings. The molecule has 1 saturated heterocycles. The number of rotatable bonds is 6. The fourth-order valence-corrected chi connectivity index (χ4v) is 3.59. The van der Waals surface area contributed by atoms with Gasteiger partial charge >= 0.3 is 0 Å². The number of carbonyl (C=O) groups excluding carboxylic acids is 2. The third kappa shape index (κ3) is 4.52. The molecule has 4 rings (SSSR count). The van der Waals surface area contributed by atoms with Crippen LogP contribution in [0.2, 0.25) is 0 Å². The summed E-state index contributed by atoms with van der Waals surface area (Å²) < 4.78 is 21.9. The highest BCUT2D eigenvalue weighted by atomic mass is 19.1. The molecule has 2 amide bonds. The highest BCUT2D eigenvalue weighted by Gasteiger charge is 2.31. The Balaban J connectivity index is 1.78. The number of fused-ring (bicyclic) bond motifs is 1. The molecule has 0 spiro atoms. The first-order chi connectivity index (χ1) is 15.2. The lowest BCUT2D eigenvalue weighted by Gasteiger charge is -2.25. The summed E-state index contributed by atoms with van der Waals surface area (Å²) in [6, 6.07) is -0.0367. The van der Waals surface area contributed by atoms with Crippen LogP contribution in [0.4, 0.5) is 4.39 Å². The molecule has 10 nitrogen and oxygen atoms in total. The first-order valence-corrected chi connectivity index (χ1v) is 10.5. The van der Waals surface area contributed by atoms with Crippen LogP contribution in [0.15, 0.2) is 17.1 Å². The molecule has 0 radical (unpaired) electrons. The number of nitrogens with zero attached hydrogens (tertiary/aromatic N) is 4. The van der Waals surface area contributed by atoms with Crippen LogP contribution in [0.3, 0.4) is 0 Å². The molecule has 0 atom stereocenters. The lowest BCUT2D eigenvalue weighted by Crippen LogP contribution is -2.39. The molecule has 32 heavy (non-hydrogen) atoms. The van der Waals surface area contributed by atoms with Crippen molar-refractivity contribution in [3.8, 4) is 5.88 Å². The Hall–Kier alpha value is -3.21. The van der Waals surface area contributed by atoms with Crippen LogP contribution in [0.1, 0.15) is 42.6 Å². The van der Waals surface area contributed by atoms with Crippen LogP contribution < -0.4 is 10.9 Å². The van der Waals surface area contributed by atoms with Gasteiger partial charge in [0.1, 0.15) is 11.3 Å². The number of morpholine rings is 1. The smallest absolute Gasteiger partial charge is 0.291 e. The maximum atomic E-state index is 14.6. The second kappa shape index (κ2) is 8.38. The normalized spacial score (nSPS) is 17.3. The van der Waals surface area contributed by atoms with Crippen molar-refractivity contribution in [2.24, 2.45) is 0 Å². The summed E-state index contributed by atoms with van der Waals surface area (Å²) in [7, 11) is 0. The van der Waals surface area contributed by atoms with E-state index < -0.39 is 28.6 Å². The van der Waals surface area contributed by atoms with Gasteiger partial charge in [0.25, 0.3) is 11.5 Å². The Kier molecular flexibility index (Phi) is 5.76. The highest BCUT2D eigenvalue weighted by molar-refractivity contribution is 5.97. The number of nitrogens with one attached hydrogen (secondary N) is 1. The number of ether oxygens (including phenoxy) is 1. The topological polar surface area (TPSA) is 118 Å². The lowest BCUT2D eigenvalue weighted by molar-refractivity contribution is -0.129. The molecule has 1 saturated carbocycles. The molecule has 1 aliphatic heterocycles. The molecule has 2 aromatic rings. The Morgan fingerprint density at radius 3 is 2.66 bits per heavy atom. The van der Waals surface area contributed by atoms with Crippen molar-refractivity contribution >= 4 is 23.5 Å². The van der Waals surface area contributed by atoms with Gasteiger partial charge in [0.05, 0.1) is 26.0 Å². The third-order valence-corrected chi connectivity index (χ3v) is 5.31. The SMILES string of the molecule is CC(C)(F)Cn1c(O)c(C(=O)NC2CC2)c(=O)n2ncc(C=CC(=O)N3CCOCC3)c12. The van der Waals surface area contributed by atoms with Crippen LogP contribution in [0.25, 0.3) is 11.7 Å². The van der Waals surface area contributed by atoms with Crippen molar-refractivity contribution in [2.45, 2.75) is 44.9 Å². The highest BCUT2D eigenvalue weighted by Crippen LogP contribution is 2.26. The summed E-state index contributed by atoms with van der Waals surface area (Å²) >= 11 is 0. The van der Waals surface area contributed by atoms with E-state index >= 15 is 0 Å². The molecule has 0 bridgehead atoms. The molecule has 2 N–H and O–H groups in total. The molecule has 1 aliphatic carbocycles. The van der Waals surface area contributed by atoms with Gasteiger partial charge < -0.3 is 20.1 Å². The van der Waals surface area contributed by atoms with E-state index in [1.165, 1.54) is 32.2 Å². The Bertz CT molecular complexity index is 1140. The van der Waals surface area contributed by atoms with E-state index in [0.717, 1.165) is 21.9 Å². The van der Waals surface area contributed by atoms with Crippen LogP contribution in [-0.2, 0) is 16.1 Å². The Labute approximate surface area is 183 Å². The zero-order chi connectivity index (χ0) is 23.0. The molecule has 172 valence electrons. The van der Waals surface area contributed by atoms with Crippen molar-refractivity contribution in [3.63, 3.8) is 0 Å². The summed E-state index contributed by atoms with van der Waals surface area (Å²) in [6.07, 6.45) is 5.74. The van der Waals surface area contributed by atoms with Crippen LogP contribution in [0, 0.1) is 0 Å². The molecule has 2 aliphatic rings. The van der Waals surface area contributed by atoms with Crippen LogP contribution >= 0.6 is 0 Å². The maximum Gasteiger partial charge on any atom is 0.291 e. The van der Waals surface area contributed by atoms with E-state index in [1.54, 1.807) is 4.90 Å². The van der Waals surface area contributed by atoms with E-state index in [0.29, 0.717) is 31.9 Å². The third-order valence-electron chi connectivity index (χ3n) is 5.31. The van der Waals surface area contributed by atoms with Crippen LogP contribution in [0.5, 0.6) is 5.88 Å². The monoisotopic (exact) mass is 447 g/mol. The molecule has 3 heterocycles. The quantitative estimate of drug-likeness (QED) is 0.630. The average Bonchev–Trinajstić information content (AvgIpc) is 3.44. The van der Waals surface area contributed by atoms with E-state index in [2.05, 4.69) is 10.4 Å². The zero-order valence-electron chi connectivity index (χ0n) is 18.0. The minimum Gasteiger partial charge on any atom is -0.494 e. The van der Waals surface area contributed by atoms with Gasteiger partial charge in [-0.05, 0) is 32.8 Å². The van der Waals surface area contributed by atoms with Gasteiger partial charge in [-0.1, -0.05) is 0 Å². The fraction of sp³-hybridized carbons (Fsp3) is 0.524. The lowest BCUT2D eigenvalue weighted by atomic mass is 10.1. The molecular formula is C21H26FN5O5. The zero-order valence-corrected chi connectivity index (χ0v) is 18.0. The average molecular weight is 447 g/mol. The van der Waals surface area contributed by atoms with E-state index in [4.69, 9.17) is 4.74 Å². The summed E-state index contributed by atoms with van der Waals surface area (Å²) in [5, 5.41) is 17.6. The van der Waals surface area contributed by atoms with Crippen LogP contribution in [-0.4, -0.2) is 74.0 Å². The van der Waals surface area contributed by atoms with Gasteiger partial charge in [-0.25, -0.2) is 4.39 Å². The van der Waals surface area contributed by atoms with E-state index in [1.807, 2.05) is 0 Å². The Morgan fingerprint density at radius 2 is 2.03 bits per heavy atom. The number of carbonyl (C=O) groups is 2. The van der Waals surface area contributed by atoms with Gasteiger partial charge in [0, 0.05) is 30.8 Å². The molecule has 2 aromatic heterocycles. The molecular weight excluding hydrogens is 421 g/mol. The fourth-order valence-electron chi connectivity index (χ4n) is 3.59.